The zero-order valence-corrected chi connectivity index (χ0v) is 11.2. The fourth-order valence-electron chi connectivity index (χ4n) is 2.24. The number of aromatic nitrogens is 2. The highest BCUT2D eigenvalue weighted by Crippen LogP contribution is 2.34. The summed E-state index contributed by atoms with van der Waals surface area (Å²) in [5.74, 6) is 0. The molecule has 0 fully saturated rings. The van der Waals surface area contributed by atoms with Crippen molar-refractivity contribution in [2.75, 3.05) is 0 Å². The molecule has 3 nitrogen and oxygen atoms in total. The van der Waals surface area contributed by atoms with Crippen LogP contribution in [-0.4, -0.2) is 9.55 Å². The molecule has 0 unspecified atom stereocenters. The molecule has 1 aromatic heterocycles. The summed E-state index contributed by atoms with van der Waals surface area (Å²) in [6, 6.07) is 10.1. The molecule has 1 N–H and O–H groups in total. The summed E-state index contributed by atoms with van der Waals surface area (Å²) in [5, 5.41) is 0.276. The van der Waals surface area contributed by atoms with E-state index in [0.29, 0.717) is 5.69 Å². The summed E-state index contributed by atoms with van der Waals surface area (Å²) < 4.78 is 40.1. The average Bonchev–Trinajstić information content (AvgIpc) is 2.74. The van der Waals surface area contributed by atoms with Gasteiger partial charge in [-0.3, -0.25) is 4.57 Å². The molecule has 0 aliphatic carbocycles. The zero-order valence-electron chi connectivity index (χ0n) is 10.4. The molecule has 0 saturated carbocycles. The predicted molar refractivity (Wildman–Crippen MR) is 73.9 cm³/mol. The van der Waals surface area contributed by atoms with Crippen molar-refractivity contribution in [1.82, 2.24) is 9.55 Å². The van der Waals surface area contributed by atoms with Crippen molar-refractivity contribution in [3.05, 3.63) is 63.5 Å². The summed E-state index contributed by atoms with van der Waals surface area (Å²) in [6.45, 7) is 0. The maximum Gasteiger partial charge on any atom is 0.418 e. The summed E-state index contributed by atoms with van der Waals surface area (Å²) in [6.07, 6.45) is -4.55. The van der Waals surface area contributed by atoms with Gasteiger partial charge in [-0.25, -0.2) is 4.79 Å². The van der Waals surface area contributed by atoms with Crippen molar-refractivity contribution in [1.29, 1.82) is 0 Å². The van der Waals surface area contributed by atoms with Crippen molar-refractivity contribution in [3.63, 3.8) is 0 Å². The number of imidazole rings is 1. The van der Waals surface area contributed by atoms with Gasteiger partial charge in [0.05, 0.1) is 27.3 Å². The van der Waals surface area contributed by atoms with Crippen LogP contribution in [0.3, 0.4) is 0 Å². The van der Waals surface area contributed by atoms with E-state index in [0.717, 1.165) is 10.6 Å². The lowest BCUT2D eigenvalue weighted by Gasteiger charge is -2.09. The van der Waals surface area contributed by atoms with Gasteiger partial charge in [0.15, 0.2) is 0 Å². The molecule has 3 aromatic rings. The molecule has 7 heteroatoms. The van der Waals surface area contributed by atoms with Gasteiger partial charge in [0, 0.05) is 0 Å². The second kappa shape index (κ2) is 4.66. The quantitative estimate of drug-likeness (QED) is 0.725. The molecule has 0 spiro atoms. The van der Waals surface area contributed by atoms with Gasteiger partial charge in [-0.05, 0) is 24.3 Å². The minimum Gasteiger partial charge on any atom is -0.305 e. The van der Waals surface area contributed by atoms with Gasteiger partial charge in [0.2, 0.25) is 0 Å². The number of alkyl halides is 3. The first-order valence-electron chi connectivity index (χ1n) is 5.95. The van der Waals surface area contributed by atoms with Crippen LogP contribution in [0.2, 0.25) is 5.02 Å². The van der Waals surface area contributed by atoms with Crippen LogP contribution in [0, 0.1) is 0 Å². The maximum absolute atomic E-state index is 13.0. The normalized spacial score (nSPS) is 12.0. The van der Waals surface area contributed by atoms with Gasteiger partial charge >= 0.3 is 11.9 Å². The first-order chi connectivity index (χ1) is 9.89. The SMILES string of the molecule is O=c1[nH]c2c(C(F)(F)F)cccc2n1-c1ccccc1Cl. The molecule has 0 saturated heterocycles. The highest BCUT2D eigenvalue weighted by Gasteiger charge is 2.34. The second-order valence-corrected chi connectivity index (χ2v) is 4.82. The Morgan fingerprint density at radius 1 is 1.05 bits per heavy atom. The van der Waals surface area contributed by atoms with Gasteiger partial charge in [-0.2, -0.15) is 13.2 Å². The Morgan fingerprint density at radius 2 is 1.76 bits per heavy atom. The van der Waals surface area contributed by atoms with Gasteiger partial charge < -0.3 is 4.98 Å². The number of para-hydroxylation sites is 2. The lowest BCUT2D eigenvalue weighted by molar-refractivity contribution is -0.136. The fraction of sp³-hybridized carbons (Fsp3) is 0.0714. The number of benzene rings is 2. The van der Waals surface area contributed by atoms with Gasteiger partial charge in [-0.1, -0.05) is 29.8 Å². The molecule has 1 heterocycles. The molecule has 21 heavy (non-hydrogen) atoms. The highest BCUT2D eigenvalue weighted by molar-refractivity contribution is 6.32. The largest absolute Gasteiger partial charge is 0.418 e. The third-order valence-corrected chi connectivity index (χ3v) is 3.44. The van der Waals surface area contributed by atoms with Crippen molar-refractivity contribution in [3.8, 4) is 5.69 Å². The van der Waals surface area contributed by atoms with Crippen molar-refractivity contribution in [2.45, 2.75) is 6.18 Å². The number of aromatic amines is 1. The van der Waals surface area contributed by atoms with Crippen LogP contribution in [0.15, 0.2) is 47.3 Å². The van der Waals surface area contributed by atoms with Crippen LogP contribution >= 0.6 is 11.6 Å². The molecule has 3 rings (SSSR count). The van der Waals surface area contributed by atoms with E-state index in [1.165, 1.54) is 12.1 Å². The van der Waals surface area contributed by atoms with Crippen LogP contribution in [0.25, 0.3) is 16.7 Å². The Morgan fingerprint density at radius 3 is 2.43 bits per heavy atom. The first kappa shape index (κ1) is 13.8. The van der Waals surface area contributed by atoms with Gasteiger partial charge in [0.25, 0.3) is 0 Å². The topological polar surface area (TPSA) is 37.8 Å². The first-order valence-corrected chi connectivity index (χ1v) is 6.33. The lowest BCUT2D eigenvalue weighted by Crippen LogP contribution is -2.14. The van der Waals surface area contributed by atoms with E-state index in [4.69, 9.17) is 11.6 Å². The van der Waals surface area contributed by atoms with Gasteiger partial charge in [-0.15, -0.1) is 0 Å². The molecule has 0 atom stereocenters. The monoisotopic (exact) mass is 312 g/mol. The van der Waals surface area contributed by atoms with E-state index >= 15 is 0 Å². The molecular formula is C14H8ClF3N2O. The van der Waals surface area contributed by atoms with E-state index in [1.807, 2.05) is 0 Å². The van der Waals surface area contributed by atoms with E-state index < -0.39 is 17.4 Å². The van der Waals surface area contributed by atoms with Crippen LogP contribution in [0.4, 0.5) is 13.2 Å². The zero-order chi connectivity index (χ0) is 15.2. The van der Waals surface area contributed by atoms with E-state index in [2.05, 4.69) is 4.98 Å². The minimum absolute atomic E-state index is 0.128. The Hall–Kier alpha value is -2.21. The summed E-state index contributed by atoms with van der Waals surface area (Å²) in [5.41, 5.74) is -1.36. The second-order valence-electron chi connectivity index (χ2n) is 4.41. The Kier molecular flexibility index (Phi) is 3.06. The number of hydrogen-bond acceptors (Lipinski definition) is 1. The molecule has 0 aliphatic rings. The third kappa shape index (κ3) is 2.21. The van der Waals surface area contributed by atoms with E-state index in [1.54, 1.807) is 24.3 Å². The van der Waals surface area contributed by atoms with Crippen LogP contribution in [0.5, 0.6) is 0 Å². The molecule has 0 amide bonds. The maximum atomic E-state index is 13.0. The minimum atomic E-state index is -4.55. The summed E-state index contributed by atoms with van der Waals surface area (Å²) in [7, 11) is 0. The Balaban J connectivity index is 2.40. The summed E-state index contributed by atoms with van der Waals surface area (Å²) in [4.78, 5) is 14.3. The lowest BCUT2D eigenvalue weighted by atomic mass is 10.1. The number of fused-ring (bicyclic) bond motifs is 1. The van der Waals surface area contributed by atoms with Crippen LogP contribution in [-0.2, 0) is 6.18 Å². The van der Waals surface area contributed by atoms with Crippen molar-refractivity contribution >= 4 is 22.6 Å². The third-order valence-electron chi connectivity index (χ3n) is 3.12. The molecular weight excluding hydrogens is 305 g/mol. The molecule has 0 aliphatic heterocycles. The van der Waals surface area contributed by atoms with E-state index in [-0.39, 0.29) is 16.1 Å². The molecule has 0 bridgehead atoms. The smallest absolute Gasteiger partial charge is 0.305 e. The number of rotatable bonds is 1. The number of H-pyrrole nitrogens is 1. The average molecular weight is 313 g/mol. The van der Waals surface area contributed by atoms with E-state index in [9.17, 15) is 18.0 Å². The number of hydrogen-bond donors (Lipinski definition) is 1. The molecule has 0 radical (unpaired) electrons. The Labute approximate surface area is 121 Å². The number of halogens is 4. The van der Waals surface area contributed by atoms with Crippen molar-refractivity contribution in [2.24, 2.45) is 0 Å². The number of nitrogens with one attached hydrogen (secondary N) is 1. The standard InChI is InChI=1S/C14H8ClF3N2O/c15-9-5-1-2-6-10(9)20-11-7-3-4-8(14(16,17)18)12(11)19-13(20)21/h1-7H,(H,19,21). The van der Waals surface area contributed by atoms with Crippen LogP contribution in [0.1, 0.15) is 5.56 Å². The van der Waals surface area contributed by atoms with Gasteiger partial charge in [0.1, 0.15) is 0 Å². The number of nitrogens with zero attached hydrogens (tertiary/aromatic N) is 1. The predicted octanol–water partition coefficient (Wildman–Crippen LogP) is 3.99. The molecule has 108 valence electrons. The Bertz CT molecular complexity index is 880. The summed E-state index contributed by atoms with van der Waals surface area (Å²) >= 11 is 6.02. The molecule has 2 aromatic carbocycles. The van der Waals surface area contributed by atoms with Crippen molar-refractivity contribution < 1.29 is 13.2 Å². The highest BCUT2D eigenvalue weighted by atomic mass is 35.5. The fourth-order valence-corrected chi connectivity index (χ4v) is 2.46. The van der Waals surface area contributed by atoms with Crippen LogP contribution < -0.4 is 5.69 Å².